The summed E-state index contributed by atoms with van der Waals surface area (Å²) in [5, 5.41) is 4.04. The molecular formula is C28H30N2O5S. The highest BCUT2D eigenvalue weighted by Crippen LogP contribution is 2.39. The minimum absolute atomic E-state index is 0.119. The molecule has 0 saturated heterocycles. The van der Waals surface area contributed by atoms with Gasteiger partial charge < -0.3 is 14.8 Å². The Balaban J connectivity index is 1.87. The molecule has 4 rings (SSSR count). The fourth-order valence-corrected chi connectivity index (χ4v) is 5.24. The first-order valence-corrected chi connectivity index (χ1v) is 13.0. The largest absolute Gasteiger partial charge is 0.489 e. The van der Waals surface area contributed by atoms with Gasteiger partial charge in [0.1, 0.15) is 16.9 Å². The average Bonchev–Trinajstić information content (AvgIpc) is 3.29. The average molecular weight is 507 g/mol. The van der Waals surface area contributed by atoms with E-state index in [9.17, 15) is 14.4 Å². The van der Waals surface area contributed by atoms with Crippen LogP contribution in [0.2, 0.25) is 0 Å². The number of unbranched alkanes of at least 4 members (excludes halogenated alkanes) is 1. The van der Waals surface area contributed by atoms with E-state index >= 15 is 0 Å². The lowest BCUT2D eigenvalue weighted by Gasteiger charge is -2.12. The number of benzene rings is 2. The van der Waals surface area contributed by atoms with Crippen molar-refractivity contribution < 1.29 is 19.1 Å². The Morgan fingerprint density at radius 2 is 1.75 bits per heavy atom. The van der Waals surface area contributed by atoms with Crippen molar-refractivity contribution in [1.29, 1.82) is 0 Å². The molecule has 188 valence electrons. The summed E-state index contributed by atoms with van der Waals surface area (Å²) in [6.07, 6.45) is 1.81. The summed E-state index contributed by atoms with van der Waals surface area (Å²) >= 11 is 1.25. The van der Waals surface area contributed by atoms with Crippen LogP contribution in [0.25, 0.3) is 21.0 Å². The van der Waals surface area contributed by atoms with Crippen molar-refractivity contribution >= 4 is 44.0 Å². The molecule has 0 radical (unpaired) electrons. The second-order valence-corrected chi connectivity index (χ2v) is 9.34. The summed E-state index contributed by atoms with van der Waals surface area (Å²) in [7, 11) is 0. The number of ether oxygens (including phenoxy) is 2. The lowest BCUT2D eigenvalue weighted by atomic mass is 10.1. The standard InChI is InChI=1S/C28H30N2O5S/c1-3-5-15-29-27(32)26-24(35-17-16-34-4-2)23-25(36-26)20-13-9-10-14-21(20)30(28(23)33)18-22(31)19-11-7-6-8-12-19/h6-14H,3-5,15-18H2,1-2H3,(H,29,32). The maximum Gasteiger partial charge on any atom is 0.265 e. The third-order valence-electron chi connectivity index (χ3n) is 5.86. The van der Waals surface area contributed by atoms with Gasteiger partial charge in [-0.15, -0.1) is 11.3 Å². The number of rotatable bonds is 12. The van der Waals surface area contributed by atoms with Gasteiger partial charge in [-0.3, -0.25) is 19.0 Å². The van der Waals surface area contributed by atoms with E-state index in [0.717, 1.165) is 18.2 Å². The number of aromatic nitrogens is 1. The van der Waals surface area contributed by atoms with E-state index in [-0.39, 0.29) is 36.2 Å². The van der Waals surface area contributed by atoms with Crippen LogP contribution >= 0.6 is 11.3 Å². The molecule has 0 unspecified atom stereocenters. The number of para-hydroxylation sites is 1. The Labute approximate surface area is 213 Å². The number of hydrogen-bond donors (Lipinski definition) is 1. The molecule has 1 amide bonds. The summed E-state index contributed by atoms with van der Waals surface area (Å²) in [6.45, 7) is 5.44. The molecule has 0 aliphatic carbocycles. The van der Waals surface area contributed by atoms with Crippen LogP contribution in [0.5, 0.6) is 5.75 Å². The first kappa shape index (κ1) is 25.6. The topological polar surface area (TPSA) is 86.6 Å². The number of thiophene rings is 1. The van der Waals surface area contributed by atoms with E-state index < -0.39 is 0 Å². The number of amides is 1. The molecule has 7 nitrogen and oxygen atoms in total. The van der Waals surface area contributed by atoms with Crippen LogP contribution in [-0.4, -0.2) is 42.6 Å². The quantitative estimate of drug-likeness (QED) is 0.215. The molecule has 0 aliphatic rings. The number of Topliss-reactive ketones (excluding diaryl/α,β-unsaturated/α-hetero) is 1. The molecule has 4 aromatic rings. The molecule has 8 heteroatoms. The molecule has 36 heavy (non-hydrogen) atoms. The van der Waals surface area contributed by atoms with E-state index in [4.69, 9.17) is 9.47 Å². The molecule has 0 aliphatic heterocycles. The van der Waals surface area contributed by atoms with Crippen LogP contribution in [0.4, 0.5) is 0 Å². The molecule has 0 saturated carbocycles. The van der Waals surface area contributed by atoms with Crippen molar-refractivity contribution in [1.82, 2.24) is 9.88 Å². The zero-order chi connectivity index (χ0) is 25.5. The molecule has 0 spiro atoms. The van der Waals surface area contributed by atoms with Crippen molar-refractivity contribution in [2.75, 3.05) is 26.4 Å². The molecule has 2 heterocycles. The number of hydrogen-bond acceptors (Lipinski definition) is 6. The Hall–Kier alpha value is -3.49. The van der Waals surface area contributed by atoms with Crippen LogP contribution < -0.4 is 15.6 Å². The van der Waals surface area contributed by atoms with Crippen molar-refractivity contribution in [3.8, 4) is 5.75 Å². The van der Waals surface area contributed by atoms with E-state index in [0.29, 0.717) is 45.8 Å². The predicted octanol–water partition coefficient (Wildman–Crippen LogP) is 5.04. The van der Waals surface area contributed by atoms with Gasteiger partial charge in [0.25, 0.3) is 11.5 Å². The van der Waals surface area contributed by atoms with E-state index in [2.05, 4.69) is 12.2 Å². The van der Waals surface area contributed by atoms with Crippen LogP contribution in [0.1, 0.15) is 46.7 Å². The molecule has 0 atom stereocenters. The van der Waals surface area contributed by atoms with Crippen LogP contribution in [0, 0.1) is 0 Å². The number of nitrogens with zero attached hydrogens (tertiary/aromatic N) is 1. The number of ketones is 1. The Morgan fingerprint density at radius 3 is 2.50 bits per heavy atom. The van der Waals surface area contributed by atoms with E-state index in [1.807, 2.05) is 37.3 Å². The monoisotopic (exact) mass is 506 g/mol. The molecule has 0 bridgehead atoms. The van der Waals surface area contributed by atoms with Gasteiger partial charge in [0, 0.05) is 24.1 Å². The number of pyridine rings is 1. The predicted molar refractivity (Wildman–Crippen MR) is 144 cm³/mol. The first-order chi connectivity index (χ1) is 17.6. The summed E-state index contributed by atoms with van der Waals surface area (Å²) in [6, 6.07) is 16.3. The van der Waals surface area contributed by atoms with Crippen LogP contribution in [0.3, 0.4) is 0 Å². The number of nitrogens with one attached hydrogen (secondary N) is 1. The zero-order valence-electron chi connectivity index (χ0n) is 20.5. The maximum absolute atomic E-state index is 13.9. The van der Waals surface area contributed by atoms with Crippen LogP contribution in [-0.2, 0) is 11.3 Å². The minimum atomic E-state index is -0.358. The molecule has 0 fully saturated rings. The van der Waals surface area contributed by atoms with Gasteiger partial charge in [0.05, 0.1) is 23.4 Å². The van der Waals surface area contributed by atoms with Gasteiger partial charge in [-0.25, -0.2) is 0 Å². The maximum atomic E-state index is 13.9. The van der Waals surface area contributed by atoms with Gasteiger partial charge in [0.15, 0.2) is 11.5 Å². The normalized spacial score (nSPS) is 11.2. The smallest absolute Gasteiger partial charge is 0.265 e. The van der Waals surface area contributed by atoms with Gasteiger partial charge in [-0.05, 0) is 19.4 Å². The third-order valence-corrected chi connectivity index (χ3v) is 7.06. The van der Waals surface area contributed by atoms with Crippen LogP contribution in [0.15, 0.2) is 59.4 Å². The fraction of sp³-hybridized carbons (Fsp3) is 0.321. The highest BCUT2D eigenvalue weighted by Gasteiger charge is 2.26. The summed E-state index contributed by atoms with van der Waals surface area (Å²) in [5.41, 5.74) is 0.811. The molecule has 2 aromatic heterocycles. The number of fused-ring (bicyclic) bond motifs is 3. The van der Waals surface area contributed by atoms with Gasteiger partial charge in [-0.1, -0.05) is 61.9 Å². The fourth-order valence-electron chi connectivity index (χ4n) is 4.05. The second-order valence-electron chi connectivity index (χ2n) is 8.32. The summed E-state index contributed by atoms with van der Waals surface area (Å²) < 4.78 is 13.6. The lowest BCUT2D eigenvalue weighted by Crippen LogP contribution is -2.26. The lowest BCUT2D eigenvalue weighted by molar-refractivity contribution is 0.0940. The van der Waals surface area contributed by atoms with Gasteiger partial charge in [0.2, 0.25) is 0 Å². The Kier molecular flexibility index (Phi) is 8.51. The Morgan fingerprint density at radius 1 is 1.00 bits per heavy atom. The summed E-state index contributed by atoms with van der Waals surface area (Å²) in [4.78, 5) is 40.4. The zero-order valence-corrected chi connectivity index (χ0v) is 21.4. The highest BCUT2D eigenvalue weighted by molar-refractivity contribution is 7.22. The minimum Gasteiger partial charge on any atom is -0.489 e. The highest BCUT2D eigenvalue weighted by atomic mass is 32.1. The molecular weight excluding hydrogens is 476 g/mol. The number of carbonyl (C=O) groups is 2. The van der Waals surface area contributed by atoms with E-state index in [1.165, 1.54) is 15.9 Å². The number of carbonyl (C=O) groups excluding carboxylic acids is 2. The molecule has 1 N–H and O–H groups in total. The Bertz CT molecular complexity index is 1420. The van der Waals surface area contributed by atoms with Gasteiger partial charge >= 0.3 is 0 Å². The SMILES string of the molecule is CCCCNC(=O)c1sc2c(c1OCCOCC)c(=O)n(CC(=O)c1ccccc1)c1ccccc21. The van der Waals surface area contributed by atoms with Crippen molar-refractivity contribution in [3.63, 3.8) is 0 Å². The van der Waals surface area contributed by atoms with E-state index in [1.54, 1.807) is 24.3 Å². The van der Waals surface area contributed by atoms with Gasteiger partial charge in [-0.2, -0.15) is 0 Å². The second kappa shape index (κ2) is 12.0. The summed E-state index contributed by atoms with van der Waals surface area (Å²) in [5.74, 6) is -0.194. The third kappa shape index (κ3) is 5.34. The van der Waals surface area contributed by atoms with Crippen molar-refractivity contribution in [3.05, 3.63) is 75.4 Å². The molecule has 2 aromatic carbocycles. The van der Waals surface area contributed by atoms with Crippen molar-refractivity contribution in [2.24, 2.45) is 0 Å². The first-order valence-electron chi connectivity index (χ1n) is 12.2. The van der Waals surface area contributed by atoms with Crippen molar-refractivity contribution in [2.45, 2.75) is 33.2 Å².